The minimum Gasteiger partial charge on any atom is -0.437 e. The molecule has 0 aliphatic heterocycles. The van der Waals surface area contributed by atoms with Gasteiger partial charge in [0.2, 0.25) is 5.88 Å². The third-order valence-electron chi connectivity index (χ3n) is 2.82. The van der Waals surface area contributed by atoms with Crippen LogP contribution >= 0.6 is 27.5 Å². The Morgan fingerprint density at radius 1 is 1.05 bits per heavy atom. The molecule has 1 heterocycles. The Hall–Kier alpha value is -1.85. The fraction of sp³-hybridized carbons (Fsp3) is 0. The van der Waals surface area contributed by atoms with E-state index in [1.807, 2.05) is 24.3 Å². The molecule has 0 bridgehead atoms. The van der Waals surface area contributed by atoms with Crippen LogP contribution in [0.3, 0.4) is 0 Å². The molecule has 3 rings (SSSR count). The van der Waals surface area contributed by atoms with Crippen molar-refractivity contribution in [3.8, 4) is 11.6 Å². The first kappa shape index (κ1) is 13.1. The number of nitrogens with zero attached hydrogens (tertiary/aromatic N) is 2. The van der Waals surface area contributed by atoms with Crippen LogP contribution in [0, 0.1) is 0 Å². The predicted octanol–water partition coefficient (Wildman–Crippen LogP) is 4.42. The summed E-state index contributed by atoms with van der Waals surface area (Å²) >= 11 is 9.49. The van der Waals surface area contributed by atoms with Crippen LogP contribution in [0.4, 0.5) is 5.82 Å². The molecule has 2 N–H and O–H groups in total. The van der Waals surface area contributed by atoms with Gasteiger partial charge < -0.3 is 10.5 Å². The second-order valence-corrected chi connectivity index (χ2v) is 5.27. The largest absolute Gasteiger partial charge is 0.437 e. The molecular formula is C14H9BrClN3O. The summed E-state index contributed by atoms with van der Waals surface area (Å²) in [5.74, 6) is 1.35. The monoisotopic (exact) mass is 349 g/mol. The maximum Gasteiger partial charge on any atom is 0.238 e. The average molecular weight is 351 g/mol. The number of rotatable bonds is 2. The third-order valence-corrected chi connectivity index (χ3v) is 3.90. The number of aromatic nitrogens is 2. The van der Waals surface area contributed by atoms with Gasteiger partial charge in [0.25, 0.3) is 0 Å². The summed E-state index contributed by atoms with van der Waals surface area (Å²) in [6.07, 6.45) is 1.35. The Morgan fingerprint density at radius 2 is 1.80 bits per heavy atom. The summed E-state index contributed by atoms with van der Waals surface area (Å²) in [5, 5.41) is 2.50. The van der Waals surface area contributed by atoms with E-state index in [0.29, 0.717) is 26.9 Å². The van der Waals surface area contributed by atoms with E-state index >= 15 is 0 Å². The van der Waals surface area contributed by atoms with Crippen LogP contribution in [0.25, 0.3) is 10.8 Å². The van der Waals surface area contributed by atoms with Gasteiger partial charge >= 0.3 is 0 Å². The zero-order valence-electron chi connectivity index (χ0n) is 10.2. The highest BCUT2D eigenvalue weighted by Gasteiger charge is 2.11. The first-order chi connectivity index (χ1) is 9.66. The maximum atomic E-state index is 6.18. The fourth-order valence-electron chi connectivity index (χ4n) is 1.87. The van der Waals surface area contributed by atoms with Crippen molar-refractivity contribution in [2.45, 2.75) is 0 Å². The molecular weight excluding hydrogens is 342 g/mol. The fourth-order valence-corrected chi connectivity index (χ4v) is 2.38. The van der Waals surface area contributed by atoms with E-state index in [4.69, 9.17) is 22.1 Å². The van der Waals surface area contributed by atoms with Crippen molar-refractivity contribution in [2.75, 3.05) is 5.73 Å². The van der Waals surface area contributed by atoms with E-state index in [9.17, 15) is 0 Å². The first-order valence-electron chi connectivity index (χ1n) is 5.78. The highest BCUT2D eigenvalue weighted by molar-refractivity contribution is 9.10. The second kappa shape index (κ2) is 5.26. The van der Waals surface area contributed by atoms with Gasteiger partial charge in [-0.1, -0.05) is 35.9 Å². The molecule has 0 radical (unpaired) electrons. The number of hydrogen-bond acceptors (Lipinski definition) is 4. The molecule has 3 aromatic rings. The molecule has 0 aliphatic rings. The summed E-state index contributed by atoms with van der Waals surface area (Å²) in [5.41, 5.74) is 5.71. The number of halogens is 2. The molecule has 0 saturated carbocycles. The van der Waals surface area contributed by atoms with Gasteiger partial charge in [-0.2, -0.15) is 0 Å². The van der Waals surface area contributed by atoms with Crippen molar-refractivity contribution in [1.29, 1.82) is 0 Å². The topological polar surface area (TPSA) is 61.0 Å². The normalized spacial score (nSPS) is 10.7. The van der Waals surface area contributed by atoms with Gasteiger partial charge in [0.15, 0.2) is 0 Å². The molecule has 4 nitrogen and oxygen atoms in total. The molecule has 0 saturated heterocycles. The zero-order valence-corrected chi connectivity index (χ0v) is 12.5. The summed E-state index contributed by atoms with van der Waals surface area (Å²) in [6.45, 7) is 0. The van der Waals surface area contributed by atoms with Crippen LogP contribution in [0.1, 0.15) is 0 Å². The molecule has 0 fully saturated rings. The van der Waals surface area contributed by atoms with Gasteiger partial charge in [-0.15, -0.1) is 0 Å². The van der Waals surface area contributed by atoms with Crippen molar-refractivity contribution in [3.05, 3.63) is 52.2 Å². The van der Waals surface area contributed by atoms with Gasteiger partial charge in [0.1, 0.15) is 22.4 Å². The SMILES string of the molecule is Nc1ncnc(Oc2ccc(Cl)c3ccccc23)c1Br. The lowest BCUT2D eigenvalue weighted by Gasteiger charge is -2.10. The summed E-state index contributed by atoms with van der Waals surface area (Å²) in [6, 6.07) is 11.3. The molecule has 0 amide bonds. The van der Waals surface area contributed by atoms with E-state index in [1.165, 1.54) is 6.33 Å². The van der Waals surface area contributed by atoms with E-state index in [1.54, 1.807) is 12.1 Å². The average Bonchev–Trinajstić information content (AvgIpc) is 2.47. The molecule has 0 aliphatic carbocycles. The van der Waals surface area contributed by atoms with Crippen molar-refractivity contribution < 1.29 is 4.74 Å². The summed E-state index contributed by atoms with van der Waals surface area (Å²) < 4.78 is 6.35. The number of nitrogens with two attached hydrogens (primary N) is 1. The summed E-state index contributed by atoms with van der Waals surface area (Å²) in [7, 11) is 0. The number of benzene rings is 2. The third kappa shape index (κ3) is 2.30. The number of hydrogen-bond donors (Lipinski definition) is 1. The number of fused-ring (bicyclic) bond motifs is 1. The summed E-state index contributed by atoms with van der Waals surface area (Å²) in [4.78, 5) is 7.95. The Kier molecular flexibility index (Phi) is 3.46. The lowest BCUT2D eigenvalue weighted by atomic mass is 10.1. The van der Waals surface area contributed by atoms with Crippen LogP contribution in [-0.2, 0) is 0 Å². The van der Waals surface area contributed by atoms with Gasteiger partial charge in [0.05, 0.1) is 0 Å². The van der Waals surface area contributed by atoms with Crippen molar-refractivity contribution in [1.82, 2.24) is 9.97 Å². The molecule has 0 spiro atoms. The first-order valence-corrected chi connectivity index (χ1v) is 6.95. The van der Waals surface area contributed by atoms with Gasteiger partial charge in [-0.05, 0) is 28.1 Å². The van der Waals surface area contributed by atoms with Gasteiger partial charge in [-0.25, -0.2) is 9.97 Å². The van der Waals surface area contributed by atoms with Crippen molar-refractivity contribution in [2.24, 2.45) is 0 Å². The molecule has 20 heavy (non-hydrogen) atoms. The molecule has 1 aromatic heterocycles. The van der Waals surface area contributed by atoms with Crippen LogP contribution in [-0.4, -0.2) is 9.97 Å². The Balaban J connectivity index is 2.12. The molecule has 2 aromatic carbocycles. The van der Waals surface area contributed by atoms with E-state index in [0.717, 1.165) is 10.8 Å². The molecule has 0 atom stereocenters. The number of ether oxygens (including phenoxy) is 1. The van der Waals surface area contributed by atoms with E-state index in [2.05, 4.69) is 25.9 Å². The highest BCUT2D eigenvalue weighted by Crippen LogP contribution is 2.36. The number of anilines is 1. The zero-order chi connectivity index (χ0) is 14.1. The van der Waals surface area contributed by atoms with Gasteiger partial charge in [-0.3, -0.25) is 0 Å². The van der Waals surface area contributed by atoms with Gasteiger partial charge in [0, 0.05) is 15.8 Å². The van der Waals surface area contributed by atoms with Crippen LogP contribution < -0.4 is 10.5 Å². The lowest BCUT2D eigenvalue weighted by molar-refractivity contribution is 0.464. The Bertz CT molecular complexity index is 794. The Morgan fingerprint density at radius 3 is 2.60 bits per heavy atom. The predicted molar refractivity (Wildman–Crippen MR) is 83.2 cm³/mol. The van der Waals surface area contributed by atoms with Crippen molar-refractivity contribution >= 4 is 44.1 Å². The quantitative estimate of drug-likeness (QED) is 0.743. The minimum absolute atomic E-state index is 0.327. The lowest BCUT2D eigenvalue weighted by Crippen LogP contribution is -1.97. The molecule has 100 valence electrons. The Labute approximate surface area is 128 Å². The molecule has 0 unspecified atom stereocenters. The second-order valence-electron chi connectivity index (χ2n) is 4.07. The minimum atomic E-state index is 0.327. The van der Waals surface area contributed by atoms with Crippen LogP contribution in [0.5, 0.6) is 11.6 Å². The smallest absolute Gasteiger partial charge is 0.238 e. The van der Waals surface area contributed by atoms with E-state index in [-0.39, 0.29) is 0 Å². The molecule has 6 heteroatoms. The standard InChI is InChI=1S/C14H9BrClN3O/c15-12-13(17)18-7-19-14(12)20-11-6-5-10(16)8-3-1-2-4-9(8)11/h1-7H,(H2,17,18,19). The van der Waals surface area contributed by atoms with Crippen molar-refractivity contribution in [3.63, 3.8) is 0 Å². The number of nitrogen functional groups attached to an aromatic ring is 1. The van der Waals surface area contributed by atoms with Crippen LogP contribution in [0.2, 0.25) is 5.02 Å². The van der Waals surface area contributed by atoms with E-state index < -0.39 is 0 Å². The highest BCUT2D eigenvalue weighted by atomic mass is 79.9. The van der Waals surface area contributed by atoms with Crippen LogP contribution in [0.15, 0.2) is 47.2 Å². The maximum absolute atomic E-state index is 6.18.